The van der Waals surface area contributed by atoms with Gasteiger partial charge in [0.2, 0.25) is 5.41 Å². The summed E-state index contributed by atoms with van der Waals surface area (Å²) in [6.07, 6.45) is 1.97. The Kier molecular flexibility index (Phi) is 9.11. The molecule has 1 aromatic heterocycles. The number of nitriles is 1. The second-order valence-corrected chi connectivity index (χ2v) is 10.7. The molecule has 0 saturated carbocycles. The lowest BCUT2D eigenvalue weighted by Gasteiger charge is -2.28. The number of benzene rings is 1. The predicted octanol–water partition coefficient (Wildman–Crippen LogP) is 4.48. The van der Waals surface area contributed by atoms with Crippen molar-refractivity contribution in [2.24, 2.45) is 5.41 Å². The van der Waals surface area contributed by atoms with Gasteiger partial charge in [0, 0.05) is 19.2 Å². The average molecular weight is 509 g/mol. The number of methoxy groups -OCH3 is 1. The van der Waals surface area contributed by atoms with Gasteiger partial charge in [-0.3, -0.25) is 14.4 Å². The van der Waals surface area contributed by atoms with E-state index in [1.807, 2.05) is 30.3 Å². The van der Waals surface area contributed by atoms with Crippen molar-refractivity contribution in [2.75, 3.05) is 13.7 Å². The fourth-order valence-electron chi connectivity index (χ4n) is 3.85. The number of ether oxygens (including phenoxy) is 3. The Morgan fingerprint density at radius 3 is 2.24 bits per heavy atom. The third-order valence-electron chi connectivity index (χ3n) is 5.88. The summed E-state index contributed by atoms with van der Waals surface area (Å²) >= 11 is 0. The van der Waals surface area contributed by atoms with E-state index in [0.717, 1.165) is 5.56 Å². The van der Waals surface area contributed by atoms with Crippen LogP contribution in [-0.4, -0.2) is 46.8 Å². The highest BCUT2D eigenvalue weighted by atomic mass is 16.6. The number of carbonyl (C=O) groups is 2. The minimum atomic E-state index is -1.66. The molecular formula is C28H36N4O5. The fraction of sp³-hybridized carbons (Fsp3) is 0.536. The van der Waals surface area contributed by atoms with Crippen LogP contribution in [0, 0.1) is 23.3 Å². The zero-order valence-corrected chi connectivity index (χ0v) is 22.9. The number of esters is 2. The van der Waals surface area contributed by atoms with Gasteiger partial charge in [-0.05, 0) is 66.2 Å². The van der Waals surface area contributed by atoms with Crippen molar-refractivity contribution in [2.45, 2.75) is 78.5 Å². The van der Waals surface area contributed by atoms with Gasteiger partial charge >= 0.3 is 18.0 Å². The maximum absolute atomic E-state index is 13.2. The van der Waals surface area contributed by atoms with Gasteiger partial charge in [0.15, 0.2) is 6.07 Å². The minimum Gasteiger partial charge on any atom is -0.497 e. The number of imidazole rings is 1. The first kappa shape index (κ1) is 29.4. The van der Waals surface area contributed by atoms with E-state index in [0.29, 0.717) is 18.0 Å². The number of rotatable bonds is 10. The van der Waals surface area contributed by atoms with Crippen LogP contribution in [0.25, 0.3) is 4.85 Å². The Bertz CT molecular complexity index is 1180. The number of hydrogen-bond donors (Lipinski definition) is 0. The van der Waals surface area contributed by atoms with E-state index in [2.05, 4.69) is 4.85 Å². The maximum atomic E-state index is 13.2. The molecule has 9 heteroatoms. The van der Waals surface area contributed by atoms with Crippen molar-refractivity contribution < 1.29 is 23.8 Å². The predicted molar refractivity (Wildman–Crippen MR) is 138 cm³/mol. The quantitative estimate of drug-likeness (QED) is 0.344. The van der Waals surface area contributed by atoms with Crippen LogP contribution in [0.1, 0.15) is 65.5 Å². The molecule has 2 unspecified atom stereocenters. The SMILES string of the molecule is [C-]#[N+]C(C#N)C(C)(C(=O)OCC)c1nc(CC(C)(C)C(=O)OC(C)(C)C)cn1Cc1ccc(OC)cc1. The van der Waals surface area contributed by atoms with E-state index in [1.165, 1.54) is 6.92 Å². The van der Waals surface area contributed by atoms with Crippen LogP contribution in [-0.2, 0) is 37.4 Å². The molecule has 198 valence electrons. The lowest BCUT2D eigenvalue weighted by atomic mass is 9.82. The van der Waals surface area contributed by atoms with Crippen LogP contribution in [0.5, 0.6) is 5.75 Å². The summed E-state index contributed by atoms with van der Waals surface area (Å²) in [7, 11) is 1.58. The summed E-state index contributed by atoms with van der Waals surface area (Å²) in [5.41, 5.74) is -1.81. The van der Waals surface area contributed by atoms with Gasteiger partial charge in [-0.2, -0.15) is 5.26 Å². The van der Waals surface area contributed by atoms with Crippen molar-refractivity contribution in [3.05, 3.63) is 59.0 Å². The van der Waals surface area contributed by atoms with Gasteiger partial charge in [-0.25, -0.2) is 11.6 Å². The van der Waals surface area contributed by atoms with Crippen molar-refractivity contribution in [1.29, 1.82) is 5.26 Å². The molecule has 0 N–H and O–H groups in total. The summed E-state index contributed by atoms with van der Waals surface area (Å²) in [4.78, 5) is 34.3. The average Bonchev–Trinajstić information content (AvgIpc) is 3.20. The van der Waals surface area contributed by atoms with E-state index in [9.17, 15) is 14.9 Å². The third kappa shape index (κ3) is 6.89. The molecule has 37 heavy (non-hydrogen) atoms. The van der Waals surface area contributed by atoms with Crippen molar-refractivity contribution >= 4 is 11.9 Å². The smallest absolute Gasteiger partial charge is 0.330 e. The highest BCUT2D eigenvalue weighted by Crippen LogP contribution is 2.34. The van der Waals surface area contributed by atoms with Gasteiger partial charge in [0.25, 0.3) is 0 Å². The van der Waals surface area contributed by atoms with Crippen LogP contribution in [0.15, 0.2) is 30.5 Å². The van der Waals surface area contributed by atoms with E-state index in [4.69, 9.17) is 25.8 Å². The number of hydrogen-bond acceptors (Lipinski definition) is 7. The van der Waals surface area contributed by atoms with Crippen LogP contribution >= 0.6 is 0 Å². The molecule has 0 bridgehead atoms. The summed E-state index contributed by atoms with van der Waals surface area (Å²) in [5.74, 6) is -0.171. The molecule has 0 spiro atoms. The molecular weight excluding hydrogens is 472 g/mol. The second-order valence-electron chi connectivity index (χ2n) is 10.7. The van der Waals surface area contributed by atoms with Gasteiger partial charge < -0.3 is 18.8 Å². The lowest BCUT2D eigenvalue weighted by Crippen LogP contribution is -2.45. The molecule has 0 fully saturated rings. The molecule has 0 aliphatic carbocycles. The van der Waals surface area contributed by atoms with Gasteiger partial charge in [0.1, 0.15) is 17.2 Å². The summed E-state index contributed by atoms with van der Waals surface area (Å²) < 4.78 is 17.9. The second kappa shape index (κ2) is 11.5. The summed E-state index contributed by atoms with van der Waals surface area (Å²) in [6, 6.07) is 7.97. The fourth-order valence-corrected chi connectivity index (χ4v) is 3.85. The normalized spacial score (nSPS) is 14.0. The van der Waals surface area contributed by atoms with Crippen LogP contribution < -0.4 is 4.74 Å². The molecule has 2 aromatic rings. The standard InChI is InChI=1S/C28H36N4O5/c1-10-36-25(34)28(7,22(16-29)30-8)23-31-20(15-27(5,6)24(33)37-26(2,3)4)18-32(23)17-19-11-13-21(35-9)14-12-19/h11-14,18,22H,10,15,17H2,1-7,9H3. The van der Waals surface area contributed by atoms with Crippen molar-refractivity contribution in [1.82, 2.24) is 9.55 Å². The molecule has 0 amide bonds. The van der Waals surface area contributed by atoms with E-state index >= 15 is 0 Å². The highest BCUT2D eigenvalue weighted by Gasteiger charge is 2.53. The van der Waals surface area contributed by atoms with Crippen molar-refractivity contribution in [3.63, 3.8) is 0 Å². The Hall–Kier alpha value is -3.85. The largest absolute Gasteiger partial charge is 0.497 e. The first-order valence-electron chi connectivity index (χ1n) is 12.1. The zero-order valence-electron chi connectivity index (χ0n) is 22.9. The molecule has 0 aliphatic heterocycles. The molecule has 0 saturated heterocycles. The summed E-state index contributed by atoms with van der Waals surface area (Å²) in [5, 5.41) is 9.77. The molecule has 1 aromatic carbocycles. The Morgan fingerprint density at radius 1 is 1.14 bits per heavy atom. The Balaban J connectivity index is 2.64. The molecule has 1 heterocycles. The first-order chi connectivity index (χ1) is 17.2. The van der Waals surface area contributed by atoms with Gasteiger partial charge in [-0.15, -0.1) is 0 Å². The third-order valence-corrected chi connectivity index (χ3v) is 5.88. The van der Waals surface area contributed by atoms with Gasteiger partial charge in [-0.1, -0.05) is 12.1 Å². The number of nitrogens with zero attached hydrogens (tertiary/aromatic N) is 4. The zero-order chi connectivity index (χ0) is 28.0. The lowest BCUT2D eigenvalue weighted by molar-refractivity contribution is -0.165. The summed E-state index contributed by atoms with van der Waals surface area (Å²) in [6.45, 7) is 20.1. The molecule has 0 aliphatic rings. The van der Waals surface area contributed by atoms with Crippen LogP contribution in [0.4, 0.5) is 0 Å². The Labute approximate surface area is 219 Å². The first-order valence-corrected chi connectivity index (χ1v) is 12.1. The van der Waals surface area contributed by atoms with E-state index < -0.39 is 28.4 Å². The van der Waals surface area contributed by atoms with E-state index in [-0.39, 0.29) is 24.8 Å². The topological polar surface area (TPSA) is 108 Å². The Morgan fingerprint density at radius 2 is 1.76 bits per heavy atom. The van der Waals surface area contributed by atoms with E-state index in [1.54, 1.807) is 59.4 Å². The molecule has 2 atom stereocenters. The monoisotopic (exact) mass is 508 g/mol. The minimum absolute atomic E-state index is 0.0856. The van der Waals surface area contributed by atoms with Crippen molar-refractivity contribution in [3.8, 4) is 11.8 Å². The molecule has 9 nitrogen and oxygen atoms in total. The molecule has 0 radical (unpaired) electrons. The van der Waals surface area contributed by atoms with Crippen LogP contribution in [0.2, 0.25) is 0 Å². The maximum Gasteiger partial charge on any atom is 0.330 e. The van der Waals surface area contributed by atoms with Crippen LogP contribution in [0.3, 0.4) is 0 Å². The van der Waals surface area contributed by atoms with Gasteiger partial charge in [0.05, 0.1) is 24.8 Å². The number of carbonyl (C=O) groups excluding carboxylic acids is 2. The molecule has 2 rings (SSSR count). The number of aromatic nitrogens is 2. The highest BCUT2D eigenvalue weighted by molar-refractivity contribution is 5.84.